The predicted octanol–water partition coefficient (Wildman–Crippen LogP) is 4.21. The summed E-state index contributed by atoms with van der Waals surface area (Å²) in [6.07, 6.45) is 1.52. The zero-order valence-electron chi connectivity index (χ0n) is 16.5. The van der Waals surface area contributed by atoms with Crippen LogP contribution in [0.15, 0.2) is 48.5 Å². The van der Waals surface area contributed by atoms with Crippen LogP contribution in [0.1, 0.15) is 23.2 Å². The molecule has 0 spiro atoms. The second-order valence-corrected chi connectivity index (χ2v) is 8.06. The minimum atomic E-state index is -0.949. The highest BCUT2D eigenvalue weighted by atomic mass is 35.5. The molecule has 1 amide bonds. The molecule has 3 rings (SSSR count). The standard InChI is InChI=1S/C22H24Cl2N2O4/c23-17-4-6-19(7-5-17)26(22(29)16-2-1-3-18(24)14-16)13-12-25-10-8-20(9-11-25)30-15-21(27)28/h1-7,14,20H,8-13,15H2,(H,27,28). The van der Waals surface area contributed by atoms with Gasteiger partial charge in [0.15, 0.2) is 0 Å². The summed E-state index contributed by atoms with van der Waals surface area (Å²) in [7, 11) is 0. The molecule has 1 aliphatic rings. The molecule has 8 heteroatoms. The Labute approximate surface area is 185 Å². The van der Waals surface area contributed by atoms with E-state index in [-0.39, 0.29) is 18.6 Å². The SMILES string of the molecule is O=C(O)COC1CCN(CCN(C(=O)c2cccc(Cl)c2)c2ccc(Cl)cc2)CC1. The van der Waals surface area contributed by atoms with Gasteiger partial charge in [-0.25, -0.2) is 4.79 Å². The number of ether oxygens (including phenoxy) is 1. The van der Waals surface area contributed by atoms with Crippen molar-refractivity contribution in [2.75, 3.05) is 37.7 Å². The van der Waals surface area contributed by atoms with E-state index in [0.717, 1.165) is 31.6 Å². The Hall–Kier alpha value is -2.12. The van der Waals surface area contributed by atoms with Gasteiger partial charge in [0.05, 0.1) is 6.10 Å². The summed E-state index contributed by atoms with van der Waals surface area (Å²) < 4.78 is 5.39. The Kier molecular flexibility index (Phi) is 8.10. The number of rotatable bonds is 8. The van der Waals surface area contributed by atoms with Gasteiger partial charge in [-0.1, -0.05) is 29.3 Å². The van der Waals surface area contributed by atoms with E-state index in [1.165, 1.54) is 0 Å². The molecular formula is C22H24Cl2N2O4. The van der Waals surface area contributed by atoms with Gasteiger partial charge in [-0.05, 0) is 55.3 Å². The Balaban J connectivity index is 1.64. The number of halogens is 2. The Morgan fingerprint density at radius 1 is 1.07 bits per heavy atom. The average Bonchev–Trinajstić information content (AvgIpc) is 2.74. The Morgan fingerprint density at radius 3 is 2.40 bits per heavy atom. The molecule has 1 saturated heterocycles. The van der Waals surface area contributed by atoms with Crippen molar-refractivity contribution in [3.8, 4) is 0 Å². The molecule has 6 nitrogen and oxygen atoms in total. The molecule has 1 heterocycles. The summed E-state index contributed by atoms with van der Waals surface area (Å²) >= 11 is 12.1. The molecule has 0 saturated carbocycles. The van der Waals surface area contributed by atoms with E-state index in [0.29, 0.717) is 28.7 Å². The molecule has 2 aromatic carbocycles. The van der Waals surface area contributed by atoms with Crippen LogP contribution < -0.4 is 4.90 Å². The first-order valence-corrected chi connectivity index (χ1v) is 10.6. The van der Waals surface area contributed by atoms with Gasteiger partial charge >= 0.3 is 5.97 Å². The summed E-state index contributed by atoms with van der Waals surface area (Å²) in [5, 5.41) is 9.86. The van der Waals surface area contributed by atoms with Crippen molar-refractivity contribution in [2.45, 2.75) is 18.9 Å². The van der Waals surface area contributed by atoms with Gasteiger partial charge in [0.2, 0.25) is 0 Å². The lowest BCUT2D eigenvalue weighted by Gasteiger charge is -2.33. The largest absolute Gasteiger partial charge is 0.480 e. The van der Waals surface area contributed by atoms with E-state index in [2.05, 4.69) is 4.90 Å². The van der Waals surface area contributed by atoms with E-state index in [9.17, 15) is 9.59 Å². The van der Waals surface area contributed by atoms with E-state index in [1.54, 1.807) is 41.3 Å². The summed E-state index contributed by atoms with van der Waals surface area (Å²) in [6.45, 7) is 2.53. The smallest absolute Gasteiger partial charge is 0.329 e. The first kappa shape index (κ1) is 22.6. The zero-order chi connectivity index (χ0) is 21.5. The summed E-state index contributed by atoms with van der Waals surface area (Å²) in [4.78, 5) is 27.8. The van der Waals surface area contributed by atoms with Gasteiger partial charge in [0, 0.05) is 47.5 Å². The van der Waals surface area contributed by atoms with Crippen LogP contribution in [0.2, 0.25) is 10.0 Å². The molecule has 160 valence electrons. The van der Waals surface area contributed by atoms with Crippen LogP contribution in [-0.2, 0) is 9.53 Å². The molecule has 0 bridgehead atoms. The number of carboxylic acid groups (broad SMARTS) is 1. The second-order valence-electron chi connectivity index (χ2n) is 7.19. The molecule has 0 unspecified atom stereocenters. The first-order valence-electron chi connectivity index (χ1n) is 9.81. The third-order valence-electron chi connectivity index (χ3n) is 5.07. The maximum atomic E-state index is 13.2. The fourth-order valence-corrected chi connectivity index (χ4v) is 3.79. The van der Waals surface area contributed by atoms with Crippen molar-refractivity contribution < 1.29 is 19.4 Å². The number of carbonyl (C=O) groups excluding carboxylic acids is 1. The van der Waals surface area contributed by atoms with Gasteiger partial charge < -0.3 is 19.6 Å². The Bertz CT molecular complexity index is 868. The lowest BCUT2D eigenvalue weighted by Crippen LogP contribution is -2.43. The molecule has 30 heavy (non-hydrogen) atoms. The van der Waals surface area contributed by atoms with Crippen molar-refractivity contribution in [3.63, 3.8) is 0 Å². The van der Waals surface area contributed by atoms with Crippen molar-refractivity contribution in [2.24, 2.45) is 0 Å². The maximum Gasteiger partial charge on any atom is 0.329 e. The van der Waals surface area contributed by atoms with E-state index >= 15 is 0 Å². The minimum absolute atomic E-state index is 0.0298. The molecule has 0 aliphatic carbocycles. The third kappa shape index (κ3) is 6.44. The quantitative estimate of drug-likeness (QED) is 0.652. The average molecular weight is 451 g/mol. The van der Waals surface area contributed by atoms with Crippen LogP contribution in [-0.4, -0.2) is 60.8 Å². The first-order chi connectivity index (χ1) is 14.4. The van der Waals surface area contributed by atoms with Crippen LogP contribution in [0.3, 0.4) is 0 Å². The number of piperidine rings is 1. The minimum Gasteiger partial charge on any atom is -0.480 e. The number of benzene rings is 2. The predicted molar refractivity (Wildman–Crippen MR) is 118 cm³/mol. The topological polar surface area (TPSA) is 70.1 Å². The Morgan fingerprint density at radius 2 is 1.77 bits per heavy atom. The number of carbonyl (C=O) groups is 2. The van der Waals surface area contributed by atoms with Gasteiger partial charge in [0.25, 0.3) is 5.91 Å². The van der Waals surface area contributed by atoms with Crippen molar-refractivity contribution in [1.82, 2.24) is 4.90 Å². The molecule has 1 fully saturated rings. The number of nitrogens with zero attached hydrogens (tertiary/aromatic N) is 2. The molecule has 0 aromatic heterocycles. The molecular weight excluding hydrogens is 427 g/mol. The number of aliphatic carboxylic acids is 1. The molecule has 2 aromatic rings. The third-order valence-corrected chi connectivity index (χ3v) is 5.56. The van der Waals surface area contributed by atoms with Crippen molar-refractivity contribution in [1.29, 1.82) is 0 Å². The van der Waals surface area contributed by atoms with Gasteiger partial charge in [-0.3, -0.25) is 4.79 Å². The van der Waals surface area contributed by atoms with Crippen molar-refractivity contribution in [3.05, 3.63) is 64.1 Å². The summed E-state index contributed by atoms with van der Waals surface area (Å²) in [6, 6.07) is 14.1. The molecule has 1 aliphatic heterocycles. The van der Waals surface area contributed by atoms with Crippen LogP contribution in [0.4, 0.5) is 5.69 Å². The van der Waals surface area contributed by atoms with Gasteiger partial charge in [0.1, 0.15) is 6.61 Å². The number of hydrogen-bond acceptors (Lipinski definition) is 4. The van der Waals surface area contributed by atoms with E-state index in [1.807, 2.05) is 12.1 Å². The number of likely N-dealkylation sites (tertiary alicyclic amines) is 1. The fraction of sp³-hybridized carbons (Fsp3) is 0.364. The number of hydrogen-bond donors (Lipinski definition) is 1. The van der Waals surface area contributed by atoms with Gasteiger partial charge in [-0.2, -0.15) is 0 Å². The van der Waals surface area contributed by atoms with Crippen LogP contribution >= 0.6 is 23.2 Å². The maximum absolute atomic E-state index is 13.2. The van der Waals surface area contributed by atoms with E-state index < -0.39 is 5.97 Å². The number of anilines is 1. The summed E-state index contributed by atoms with van der Waals surface area (Å²) in [5.74, 6) is -1.07. The van der Waals surface area contributed by atoms with Crippen LogP contribution in [0.5, 0.6) is 0 Å². The number of amides is 1. The van der Waals surface area contributed by atoms with Crippen LogP contribution in [0.25, 0.3) is 0 Å². The van der Waals surface area contributed by atoms with E-state index in [4.69, 9.17) is 33.0 Å². The highest BCUT2D eigenvalue weighted by Gasteiger charge is 2.23. The van der Waals surface area contributed by atoms with Crippen molar-refractivity contribution >= 4 is 40.8 Å². The molecule has 0 atom stereocenters. The van der Waals surface area contributed by atoms with Gasteiger partial charge in [-0.15, -0.1) is 0 Å². The monoisotopic (exact) mass is 450 g/mol. The normalized spacial score (nSPS) is 15.1. The zero-order valence-corrected chi connectivity index (χ0v) is 18.0. The lowest BCUT2D eigenvalue weighted by molar-refractivity contribution is -0.145. The molecule has 1 N–H and O–H groups in total. The molecule has 0 radical (unpaired) electrons. The van der Waals surface area contributed by atoms with Crippen LogP contribution in [0, 0.1) is 0 Å². The highest BCUT2D eigenvalue weighted by molar-refractivity contribution is 6.31. The second kappa shape index (κ2) is 10.8. The summed E-state index contributed by atoms with van der Waals surface area (Å²) in [5.41, 5.74) is 1.29. The fourth-order valence-electron chi connectivity index (χ4n) is 3.48. The highest BCUT2D eigenvalue weighted by Crippen LogP contribution is 2.22. The lowest BCUT2D eigenvalue weighted by atomic mass is 10.1. The number of carboxylic acids is 1.